The highest BCUT2D eigenvalue weighted by Gasteiger charge is 2.26. The molecule has 60 heavy (non-hydrogen) atoms. The Morgan fingerprint density at radius 1 is 0.800 bits per heavy atom. The van der Waals surface area contributed by atoms with Gasteiger partial charge in [0, 0.05) is 38.7 Å². The van der Waals surface area contributed by atoms with Gasteiger partial charge in [-0.25, -0.2) is 4.98 Å². The molecular weight excluding hydrogens is 827 g/mol. The van der Waals surface area contributed by atoms with Gasteiger partial charge < -0.3 is 19.3 Å². The van der Waals surface area contributed by atoms with Gasteiger partial charge in [0.25, 0.3) is 20.2 Å². The molecule has 0 amide bonds. The summed E-state index contributed by atoms with van der Waals surface area (Å²) in [6.45, 7) is 25.8. The molecule has 1 heterocycles. The first-order valence-electron chi connectivity index (χ1n) is 20.7. The van der Waals surface area contributed by atoms with E-state index in [-0.39, 0.29) is 57.7 Å². The van der Waals surface area contributed by atoms with Crippen LogP contribution < -0.4 is 19.3 Å². The summed E-state index contributed by atoms with van der Waals surface area (Å²) in [6.07, 6.45) is 3.11. The second-order valence-corrected chi connectivity index (χ2v) is 21.3. The third kappa shape index (κ3) is 14.4. The fourth-order valence-electron chi connectivity index (χ4n) is 6.90. The second-order valence-electron chi connectivity index (χ2n) is 17.5. The Balaban J connectivity index is 1.60. The molecule has 1 aliphatic carbocycles. The zero-order valence-electron chi connectivity index (χ0n) is 36.5. The SMILES string of the molecule is C=C(CCC(C)CN(CC(C)C)c1cc(S(=O)(=O)O)ccc1OCC(C)C)COc1cc(N=Nc2nc3c(s2)C(=O)CCC3)c(S(=O)(=O)O)cc1N(CC(C)C)CC(C)C. The maximum Gasteiger partial charge on any atom is 0.296 e. The minimum atomic E-state index is -4.76. The number of anilines is 2. The number of carbonyl (C=O) groups is 1. The van der Waals surface area contributed by atoms with E-state index in [9.17, 15) is 30.7 Å². The third-order valence-corrected chi connectivity index (χ3v) is 12.3. The summed E-state index contributed by atoms with van der Waals surface area (Å²) in [7, 11) is -9.21. The van der Waals surface area contributed by atoms with Crippen molar-refractivity contribution in [2.24, 2.45) is 39.8 Å². The Labute approximate surface area is 361 Å². The lowest BCUT2D eigenvalue weighted by atomic mass is 10.0. The maximum absolute atomic E-state index is 12.9. The molecule has 1 aliphatic rings. The fourth-order valence-corrected chi connectivity index (χ4v) is 8.93. The van der Waals surface area contributed by atoms with Crippen LogP contribution in [0.5, 0.6) is 11.5 Å². The summed E-state index contributed by atoms with van der Waals surface area (Å²) in [4.78, 5) is 20.9. The van der Waals surface area contributed by atoms with Crippen LogP contribution in [0.2, 0.25) is 0 Å². The van der Waals surface area contributed by atoms with Gasteiger partial charge in [-0.15, -0.1) is 10.2 Å². The van der Waals surface area contributed by atoms with Gasteiger partial charge in [-0.1, -0.05) is 80.2 Å². The van der Waals surface area contributed by atoms with Gasteiger partial charge in [0.1, 0.15) is 28.7 Å². The quantitative estimate of drug-likeness (QED) is 0.0522. The van der Waals surface area contributed by atoms with Crippen LogP contribution in [0, 0.1) is 29.6 Å². The first kappa shape index (κ1) is 48.8. The highest BCUT2D eigenvalue weighted by atomic mass is 32.2. The van der Waals surface area contributed by atoms with Crippen molar-refractivity contribution in [1.82, 2.24) is 4.98 Å². The van der Waals surface area contributed by atoms with Gasteiger partial charge in [-0.2, -0.15) is 16.8 Å². The summed E-state index contributed by atoms with van der Waals surface area (Å²) in [5.41, 5.74) is 2.38. The van der Waals surface area contributed by atoms with Gasteiger partial charge in [0.05, 0.1) is 33.4 Å². The topological polar surface area (TPSA) is 188 Å². The number of nitrogens with zero attached hydrogens (tertiary/aromatic N) is 5. The van der Waals surface area contributed by atoms with E-state index in [0.717, 1.165) is 23.3 Å². The third-order valence-electron chi connectivity index (χ3n) is 9.51. The molecule has 0 bridgehead atoms. The molecule has 4 rings (SSSR count). The Morgan fingerprint density at radius 2 is 1.42 bits per heavy atom. The number of ketones is 1. The normalized spacial score (nSPS) is 14.1. The summed E-state index contributed by atoms with van der Waals surface area (Å²) < 4.78 is 82.9. The number of benzene rings is 2. The average molecular weight is 890 g/mol. The highest BCUT2D eigenvalue weighted by molar-refractivity contribution is 7.86. The number of aromatic nitrogens is 1. The molecule has 0 fully saturated rings. The van der Waals surface area contributed by atoms with E-state index < -0.39 is 25.1 Å². The minimum Gasteiger partial charge on any atom is -0.491 e. The lowest BCUT2D eigenvalue weighted by Gasteiger charge is -2.32. The first-order valence-corrected chi connectivity index (χ1v) is 24.3. The van der Waals surface area contributed by atoms with Crippen LogP contribution in [0.15, 0.2) is 62.5 Å². The molecular formula is C43H63N5O9S3. The molecule has 2 aromatic carbocycles. The number of azo groups is 1. The van der Waals surface area contributed by atoms with Crippen LogP contribution in [0.25, 0.3) is 0 Å². The van der Waals surface area contributed by atoms with Crippen LogP contribution in [0.3, 0.4) is 0 Å². The number of thiazole rings is 1. The molecule has 1 aromatic heterocycles. The summed E-state index contributed by atoms with van der Waals surface area (Å²) in [5, 5.41) is 8.67. The maximum atomic E-state index is 12.9. The zero-order chi connectivity index (χ0) is 44.5. The van der Waals surface area contributed by atoms with Gasteiger partial charge >= 0.3 is 0 Å². The molecule has 3 aromatic rings. The van der Waals surface area contributed by atoms with E-state index in [0.29, 0.717) is 91.9 Å². The molecule has 2 N–H and O–H groups in total. The lowest BCUT2D eigenvalue weighted by Crippen LogP contribution is -2.32. The van der Waals surface area contributed by atoms with E-state index >= 15 is 0 Å². The fraction of sp³-hybridized carbons (Fsp3) is 0.581. The molecule has 0 aliphatic heterocycles. The number of Topliss-reactive ketones (excluding diaryl/α,β-unsaturated/α-hetero) is 1. The Kier molecular flexibility index (Phi) is 17.3. The largest absolute Gasteiger partial charge is 0.491 e. The van der Waals surface area contributed by atoms with Gasteiger partial charge in [-0.3, -0.25) is 13.9 Å². The predicted molar refractivity (Wildman–Crippen MR) is 238 cm³/mol. The van der Waals surface area contributed by atoms with E-state index in [2.05, 4.69) is 75.2 Å². The standard InChI is InChI=1S/C43H63N5O9S3/c1-27(2)21-47(22-28(3)4)37-20-41(60(53,54)55)35(45-46-43-44-34-12-11-13-38(49)42(34)58-43)19-40(37)57-26-32(10)15-14-31(9)24-48(23-29(5)6)36-18-33(59(50,51)52)16-17-39(36)56-25-30(7)8/h16-20,27-31H,10-15,21-26H2,1-9H3,(H,50,51,52)(H,53,54,55). The molecule has 0 saturated carbocycles. The molecule has 0 radical (unpaired) electrons. The van der Waals surface area contributed by atoms with E-state index in [4.69, 9.17) is 9.47 Å². The van der Waals surface area contributed by atoms with E-state index in [1.54, 1.807) is 6.07 Å². The van der Waals surface area contributed by atoms with Crippen molar-refractivity contribution in [3.8, 4) is 11.5 Å². The zero-order valence-corrected chi connectivity index (χ0v) is 38.9. The summed E-state index contributed by atoms with van der Waals surface area (Å²) in [6, 6.07) is 7.26. The molecule has 17 heteroatoms. The summed E-state index contributed by atoms with van der Waals surface area (Å²) >= 11 is 1.11. The molecule has 0 spiro atoms. The Hall–Kier alpha value is -3.90. The first-order chi connectivity index (χ1) is 28.0. The number of ether oxygens (including phenoxy) is 2. The molecule has 332 valence electrons. The molecule has 0 saturated heterocycles. The average Bonchev–Trinajstić information content (AvgIpc) is 3.57. The number of rotatable bonds is 23. The lowest BCUT2D eigenvalue weighted by molar-refractivity contribution is 0.0976. The molecule has 1 unspecified atom stereocenters. The minimum absolute atomic E-state index is 0.00179. The molecule has 1 atom stereocenters. The van der Waals surface area contributed by atoms with Crippen molar-refractivity contribution in [2.45, 2.75) is 104 Å². The van der Waals surface area contributed by atoms with Crippen LogP contribution in [0.1, 0.15) is 103 Å². The van der Waals surface area contributed by atoms with Crippen molar-refractivity contribution in [1.29, 1.82) is 0 Å². The Morgan fingerprint density at radius 3 is 1.98 bits per heavy atom. The van der Waals surface area contributed by atoms with E-state index in [1.165, 1.54) is 24.3 Å². The van der Waals surface area contributed by atoms with Gasteiger partial charge in [-0.05, 0) is 85.1 Å². The second kappa shape index (κ2) is 21.3. The van der Waals surface area contributed by atoms with Crippen molar-refractivity contribution in [3.63, 3.8) is 0 Å². The smallest absolute Gasteiger partial charge is 0.296 e. The van der Waals surface area contributed by atoms with Crippen molar-refractivity contribution >= 4 is 59.6 Å². The monoisotopic (exact) mass is 889 g/mol. The van der Waals surface area contributed by atoms with Crippen LogP contribution in [0.4, 0.5) is 22.2 Å². The van der Waals surface area contributed by atoms with Crippen molar-refractivity contribution in [3.05, 3.63) is 53.1 Å². The summed E-state index contributed by atoms with van der Waals surface area (Å²) in [5.74, 6) is 1.90. The number of hydrogen-bond acceptors (Lipinski definition) is 13. The number of aryl methyl sites for hydroxylation is 1. The van der Waals surface area contributed by atoms with Crippen LogP contribution in [-0.4, -0.2) is 76.1 Å². The number of hydrogen-bond donors (Lipinski definition) is 2. The number of fused-ring (bicyclic) bond motifs is 1. The Bertz CT molecular complexity index is 2210. The van der Waals surface area contributed by atoms with Crippen molar-refractivity contribution < 1.29 is 40.2 Å². The number of carbonyl (C=O) groups excluding carboxylic acids is 1. The van der Waals surface area contributed by atoms with Gasteiger partial charge in [0.15, 0.2) is 5.78 Å². The van der Waals surface area contributed by atoms with Crippen LogP contribution in [-0.2, 0) is 26.7 Å². The van der Waals surface area contributed by atoms with Crippen LogP contribution >= 0.6 is 11.3 Å². The highest BCUT2D eigenvalue weighted by Crippen LogP contribution is 2.41. The van der Waals surface area contributed by atoms with Crippen molar-refractivity contribution in [2.75, 3.05) is 49.2 Å². The van der Waals surface area contributed by atoms with E-state index in [1.807, 2.05) is 18.7 Å². The van der Waals surface area contributed by atoms with Gasteiger partial charge in [0.2, 0.25) is 5.13 Å². The predicted octanol–water partition coefficient (Wildman–Crippen LogP) is 10.2. The molecule has 14 nitrogen and oxygen atoms in total.